The van der Waals surface area contributed by atoms with E-state index in [1.807, 2.05) is 0 Å². The highest BCUT2D eigenvalue weighted by Gasteiger charge is 1.97. The molecule has 0 unspecified atom stereocenters. The molecule has 0 radical (unpaired) electrons. The number of hydrogen-bond donors (Lipinski definition) is 0. The van der Waals surface area contributed by atoms with Crippen LogP contribution in [0.4, 0.5) is 4.39 Å². The fourth-order valence-electron chi connectivity index (χ4n) is 0.355. The largest absolute Gasteiger partial charge is 0.261 e. The van der Waals surface area contributed by atoms with E-state index < -0.39 is 43.0 Å². The number of halogens is 1. The van der Waals surface area contributed by atoms with E-state index in [4.69, 9.17) is 11.0 Å². The van der Waals surface area contributed by atoms with Gasteiger partial charge in [-0.05, 0) is 19.7 Å². The van der Waals surface area contributed by atoms with Gasteiger partial charge in [0.1, 0.15) is 5.82 Å². The number of rotatable bonds is 0. The van der Waals surface area contributed by atoms with E-state index in [0.29, 0.717) is 0 Å². The molecule has 0 N–H and O–H groups in total. The standard InChI is InChI=1S/C7H8FN/c1-5-6(2)9-4-3-7(5)8/h3-4H,1-2H3/i1D3,2D3,3D,4D. The van der Waals surface area contributed by atoms with E-state index in [1.54, 1.807) is 0 Å². The minimum absolute atomic E-state index is 0.901. The van der Waals surface area contributed by atoms with Gasteiger partial charge in [0.2, 0.25) is 0 Å². The molecule has 1 aromatic rings. The lowest BCUT2D eigenvalue weighted by Crippen LogP contribution is -1.88. The molecular weight excluding hydrogens is 117 g/mol. The van der Waals surface area contributed by atoms with Gasteiger partial charge in [0.25, 0.3) is 0 Å². The summed E-state index contributed by atoms with van der Waals surface area (Å²) in [6.45, 7) is -5.99. The third-order valence-electron chi connectivity index (χ3n) is 0.790. The number of aryl methyl sites for hydroxylation is 1. The van der Waals surface area contributed by atoms with Gasteiger partial charge in [-0.25, -0.2) is 4.39 Å². The van der Waals surface area contributed by atoms with Crippen molar-refractivity contribution in [3.63, 3.8) is 0 Å². The third-order valence-corrected chi connectivity index (χ3v) is 0.790. The highest BCUT2D eigenvalue weighted by atomic mass is 19.1. The summed E-state index contributed by atoms with van der Waals surface area (Å²) in [6, 6.07) is -1.02. The number of aromatic nitrogens is 1. The van der Waals surface area contributed by atoms with Crippen molar-refractivity contribution in [2.75, 3.05) is 0 Å². The molecule has 0 fully saturated rings. The van der Waals surface area contributed by atoms with Crippen molar-refractivity contribution >= 4 is 0 Å². The van der Waals surface area contributed by atoms with E-state index in [-0.39, 0.29) is 0 Å². The first-order chi connectivity index (χ1) is 7.46. The molecule has 0 saturated carbocycles. The van der Waals surface area contributed by atoms with Crippen LogP contribution in [0.2, 0.25) is 0 Å². The summed E-state index contributed by atoms with van der Waals surface area (Å²) in [5.41, 5.74) is -2.10. The summed E-state index contributed by atoms with van der Waals surface area (Å²) < 4.78 is 70.2. The zero-order valence-corrected chi connectivity index (χ0v) is 4.33. The van der Waals surface area contributed by atoms with Crippen molar-refractivity contribution in [2.45, 2.75) is 13.7 Å². The third kappa shape index (κ3) is 1.07. The van der Waals surface area contributed by atoms with Crippen LogP contribution in [-0.2, 0) is 0 Å². The summed E-state index contributed by atoms with van der Waals surface area (Å²) in [7, 11) is 0. The minimum Gasteiger partial charge on any atom is -0.261 e. The van der Waals surface area contributed by atoms with Crippen LogP contribution in [0.5, 0.6) is 0 Å². The zero-order valence-electron chi connectivity index (χ0n) is 12.3. The van der Waals surface area contributed by atoms with Crippen LogP contribution < -0.4 is 0 Å². The van der Waals surface area contributed by atoms with Crippen molar-refractivity contribution in [3.05, 3.63) is 29.3 Å². The zero-order chi connectivity index (χ0) is 13.6. The van der Waals surface area contributed by atoms with Gasteiger partial charge in [0, 0.05) is 25.7 Å². The fourth-order valence-corrected chi connectivity index (χ4v) is 0.355. The van der Waals surface area contributed by atoms with E-state index in [1.165, 1.54) is 0 Å². The Morgan fingerprint density at radius 3 is 3.33 bits per heavy atom. The van der Waals surface area contributed by atoms with E-state index in [2.05, 4.69) is 4.98 Å². The lowest BCUT2D eigenvalue weighted by atomic mass is 10.2. The molecule has 0 aliphatic heterocycles. The second-order valence-corrected chi connectivity index (χ2v) is 1.39. The topological polar surface area (TPSA) is 12.9 Å². The lowest BCUT2D eigenvalue weighted by Gasteiger charge is -1.96. The Hall–Kier alpha value is -0.920. The van der Waals surface area contributed by atoms with Gasteiger partial charge in [0.15, 0.2) is 0 Å². The highest BCUT2D eigenvalue weighted by Crippen LogP contribution is 2.06. The van der Waals surface area contributed by atoms with Gasteiger partial charge in [0.05, 0.1) is 2.74 Å². The first kappa shape index (κ1) is 1.57. The molecule has 0 bridgehead atoms. The van der Waals surface area contributed by atoms with Crippen molar-refractivity contribution in [1.82, 2.24) is 4.98 Å². The van der Waals surface area contributed by atoms with Gasteiger partial charge >= 0.3 is 0 Å². The molecule has 1 rings (SSSR count). The van der Waals surface area contributed by atoms with Gasteiger partial charge in [-0.2, -0.15) is 0 Å². The van der Waals surface area contributed by atoms with Crippen molar-refractivity contribution in [2.24, 2.45) is 0 Å². The average molecular weight is 133 g/mol. The van der Waals surface area contributed by atoms with E-state index in [0.717, 1.165) is 0 Å². The summed E-state index contributed by atoms with van der Waals surface area (Å²) in [5.74, 6) is -1.53. The summed E-state index contributed by atoms with van der Waals surface area (Å²) in [4.78, 5) is 3.19. The summed E-state index contributed by atoms with van der Waals surface area (Å²) in [6.07, 6.45) is -0.901. The Labute approximate surface area is 64.8 Å². The molecule has 1 aromatic heterocycles. The quantitative estimate of drug-likeness (QED) is 0.526. The van der Waals surface area contributed by atoms with Crippen LogP contribution in [-0.4, -0.2) is 4.98 Å². The van der Waals surface area contributed by atoms with E-state index >= 15 is 0 Å². The predicted octanol–water partition coefficient (Wildman–Crippen LogP) is 1.84. The Kier molecular flexibility index (Phi) is 0.371. The molecule has 1 heterocycles. The molecule has 9 heavy (non-hydrogen) atoms. The second-order valence-electron chi connectivity index (χ2n) is 1.39. The maximum absolute atomic E-state index is 13.6. The molecule has 1 nitrogen and oxygen atoms in total. The highest BCUT2D eigenvalue weighted by molar-refractivity contribution is 5.17. The van der Waals surface area contributed by atoms with Gasteiger partial charge in [-0.15, -0.1) is 0 Å². The summed E-state index contributed by atoms with van der Waals surface area (Å²) >= 11 is 0. The van der Waals surface area contributed by atoms with Gasteiger partial charge in [-0.3, -0.25) is 4.98 Å². The van der Waals surface area contributed by atoms with Gasteiger partial charge in [-0.1, -0.05) is 0 Å². The molecule has 2 heteroatoms. The monoisotopic (exact) mass is 133 g/mol. The molecular formula is C7H8FN. The fraction of sp³-hybridized carbons (Fsp3) is 0.286. The van der Waals surface area contributed by atoms with Gasteiger partial charge < -0.3 is 0 Å². The van der Waals surface area contributed by atoms with Crippen LogP contribution in [0, 0.1) is 19.5 Å². The molecule has 0 aliphatic carbocycles. The number of nitrogens with zero attached hydrogens (tertiary/aromatic N) is 1. The smallest absolute Gasteiger partial charge is 0.129 e. The van der Waals surface area contributed by atoms with Crippen LogP contribution in [0.1, 0.15) is 22.2 Å². The first-order valence-electron chi connectivity index (χ1n) is 6.14. The van der Waals surface area contributed by atoms with Crippen LogP contribution in [0.25, 0.3) is 0 Å². The predicted molar refractivity (Wildman–Crippen MR) is 33.7 cm³/mol. The molecule has 0 spiro atoms. The first-order valence-corrected chi connectivity index (χ1v) is 2.14. The lowest BCUT2D eigenvalue weighted by molar-refractivity contribution is 0.613. The van der Waals surface area contributed by atoms with E-state index in [9.17, 15) is 4.39 Å². The SMILES string of the molecule is [2H]c1nc(C([2H])([2H])[2H])c(C([2H])([2H])[2H])c(F)c1[2H]. The Morgan fingerprint density at radius 2 is 2.67 bits per heavy atom. The molecule has 0 atom stereocenters. The van der Waals surface area contributed by atoms with Crippen molar-refractivity contribution < 1.29 is 15.4 Å². The molecule has 48 valence electrons. The van der Waals surface area contributed by atoms with Crippen molar-refractivity contribution in [3.8, 4) is 0 Å². The molecule has 0 aromatic carbocycles. The van der Waals surface area contributed by atoms with Crippen molar-refractivity contribution in [1.29, 1.82) is 0 Å². The van der Waals surface area contributed by atoms with Crippen LogP contribution in [0.3, 0.4) is 0 Å². The second kappa shape index (κ2) is 2.13. The minimum atomic E-state index is -3.04. The normalized spacial score (nSPS) is 25.4. The Balaban J connectivity index is 3.71. The maximum Gasteiger partial charge on any atom is 0.129 e. The Morgan fingerprint density at radius 1 is 1.78 bits per heavy atom. The average Bonchev–Trinajstić information content (AvgIpc) is 2.09. The Bertz CT molecular complexity index is 449. The number of pyridine rings is 1. The molecule has 0 amide bonds. The van der Waals surface area contributed by atoms with Crippen LogP contribution >= 0.6 is 0 Å². The number of hydrogen-bond acceptors (Lipinski definition) is 1. The molecule has 0 saturated heterocycles. The molecule has 0 aliphatic rings. The van der Waals surface area contributed by atoms with Crippen LogP contribution in [0.15, 0.2) is 12.2 Å². The maximum atomic E-state index is 13.6. The summed E-state index contributed by atoms with van der Waals surface area (Å²) in [5, 5.41) is 0.